The van der Waals surface area contributed by atoms with Crippen LogP contribution in [0.5, 0.6) is 5.75 Å². The standard InChI is InChI=1S/C20H20F3NO6/c1-20(23)9-8-14(15(21)16(20)22)24-19(27)30-12-6-4-11(5-7-12)10-13(17(25)28-2)18(26)29-3/h4-8,13H,9-10H2,1-3H3,(H,24,27). The van der Waals surface area contributed by atoms with E-state index >= 15 is 0 Å². The van der Waals surface area contributed by atoms with Crippen LogP contribution in [-0.2, 0) is 25.5 Å². The number of carbonyl (C=O) groups excluding carboxylic acids is 3. The molecular weight excluding hydrogens is 407 g/mol. The molecule has 1 N–H and O–H groups in total. The number of amides is 1. The van der Waals surface area contributed by atoms with Crippen molar-refractivity contribution in [1.82, 2.24) is 5.32 Å². The van der Waals surface area contributed by atoms with Crippen molar-refractivity contribution in [1.29, 1.82) is 0 Å². The van der Waals surface area contributed by atoms with Crippen molar-refractivity contribution in [3.05, 3.63) is 53.3 Å². The molecule has 2 rings (SSSR count). The fourth-order valence-corrected chi connectivity index (χ4v) is 2.65. The maximum atomic E-state index is 13.9. The lowest BCUT2D eigenvalue weighted by Gasteiger charge is -2.22. The Bertz CT molecular complexity index is 876. The molecule has 30 heavy (non-hydrogen) atoms. The highest BCUT2D eigenvalue weighted by molar-refractivity contribution is 5.95. The molecule has 0 aromatic heterocycles. The smallest absolute Gasteiger partial charge is 0.417 e. The second kappa shape index (κ2) is 9.47. The summed E-state index contributed by atoms with van der Waals surface area (Å²) in [6.45, 7) is 0.889. The Kier molecular flexibility index (Phi) is 7.25. The second-order valence-electron chi connectivity index (χ2n) is 6.61. The lowest BCUT2D eigenvalue weighted by molar-refractivity contribution is -0.158. The summed E-state index contributed by atoms with van der Waals surface area (Å²) in [6.07, 6.45) is -0.544. The fourth-order valence-electron chi connectivity index (χ4n) is 2.65. The third-order valence-corrected chi connectivity index (χ3v) is 4.36. The zero-order valence-electron chi connectivity index (χ0n) is 16.5. The highest BCUT2D eigenvalue weighted by Gasteiger charge is 2.37. The number of allylic oxidation sites excluding steroid dienone is 3. The van der Waals surface area contributed by atoms with Gasteiger partial charge >= 0.3 is 18.0 Å². The molecule has 0 bridgehead atoms. The average molecular weight is 427 g/mol. The van der Waals surface area contributed by atoms with E-state index in [1.165, 1.54) is 24.3 Å². The number of methoxy groups -OCH3 is 2. The maximum absolute atomic E-state index is 13.9. The van der Waals surface area contributed by atoms with Gasteiger partial charge in [-0.05, 0) is 31.0 Å². The van der Waals surface area contributed by atoms with Crippen molar-refractivity contribution in [3.8, 4) is 5.75 Å². The minimum absolute atomic E-state index is 0.00398. The molecule has 1 amide bonds. The summed E-state index contributed by atoms with van der Waals surface area (Å²) in [4.78, 5) is 35.3. The number of alkyl halides is 1. The van der Waals surface area contributed by atoms with Crippen LogP contribution in [0.3, 0.4) is 0 Å². The Balaban J connectivity index is 2.00. The van der Waals surface area contributed by atoms with E-state index in [-0.39, 0.29) is 12.2 Å². The van der Waals surface area contributed by atoms with Gasteiger partial charge in [0.25, 0.3) is 0 Å². The van der Waals surface area contributed by atoms with Gasteiger partial charge in [0, 0.05) is 6.42 Å². The summed E-state index contributed by atoms with van der Waals surface area (Å²) in [5.74, 6) is -5.71. The van der Waals surface area contributed by atoms with Crippen molar-refractivity contribution in [2.45, 2.75) is 25.4 Å². The minimum atomic E-state index is -2.47. The average Bonchev–Trinajstić information content (AvgIpc) is 2.72. The Labute approximate surface area is 170 Å². The molecule has 1 aromatic carbocycles. The Morgan fingerprint density at radius 2 is 1.67 bits per heavy atom. The molecule has 1 unspecified atom stereocenters. The van der Waals surface area contributed by atoms with Crippen LogP contribution in [0.2, 0.25) is 0 Å². The van der Waals surface area contributed by atoms with Gasteiger partial charge in [-0.15, -0.1) is 0 Å². The van der Waals surface area contributed by atoms with E-state index in [1.807, 2.05) is 5.32 Å². The molecule has 0 heterocycles. The molecular formula is C20H20F3NO6. The lowest BCUT2D eigenvalue weighted by atomic mass is 9.96. The van der Waals surface area contributed by atoms with E-state index in [9.17, 15) is 27.6 Å². The first kappa shape index (κ1) is 23.0. The third-order valence-electron chi connectivity index (χ3n) is 4.36. The Hall–Kier alpha value is -3.30. The number of hydrogen-bond donors (Lipinski definition) is 1. The van der Waals surface area contributed by atoms with Crippen LogP contribution in [-0.4, -0.2) is 37.9 Å². The van der Waals surface area contributed by atoms with Crippen LogP contribution < -0.4 is 10.1 Å². The normalized spacial score (nSPS) is 18.6. The second-order valence-corrected chi connectivity index (χ2v) is 6.61. The van der Waals surface area contributed by atoms with Gasteiger partial charge in [-0.25, -0.2) is 18.0 Å². The number of ether oxygens (including phenoxy) is 3. The van der Waals surface area contributed by atoms with Crippen molar-refractivity contribution in [2.75, 3.05) is 14.2 Å². The molecule has 0 radical (unpaired) electrons. The number of halogens is 3. The summed E-state index contributed by atoms with van der Waals surface area (Å²) in [7, 11) is 2.29. The summed E-state index contributed by atoms with van der Waals surface area (Å²) in [5.41, 5.74) is -2.44. The molecule has 0 aliphatic heterocycles. The van der Waals surface area contributed by atoms with Gasteiger partial charge in [0.15, 0.2) is 23.2 Å². The van der Waals surface area contributed by atoms with Gasteiger partial charge in [0.05, 0.1) is 19.9 Å². The molecule has 0 fully saturated rings. The summed E-state index contributed by atoms with van der Waals surface area (Å²) in [6, 6.07) is 5.74. The van der Waals surface area contributed by atoms with Crippen molar-refractivity contribution >= 4 is 18.0 Å². The predicted octanol–water partition coefficient (Wildman–Crippen LogP) is 3.45. The molecule has 7 nitrogen and oxygen atoms in total. The van der Waals surface area contributed by atoms with Crippen LogP contribution in [0.1, 0.15) is 18.9 Å². The lowest BCUT2D eigenvalue weighted by Crippen LogP contribution is -2.31. The van der Waals surface area contributed by atoms with E-state index in [2.05, 4.69) is 9.47 Å². The third kappa shape index (κ3) is 5.40. The van der Waals surface area contributed by atoms with E-state index in [4.69, 9.17) is 4.74 Å². The van der Waals surface area contributed by atoms with Crippen LogP contribution in [0.15, 0.2) is 47.7 Å². The van der Waals surface area contributed by atoms with Crippen molar-refractivity contribution < 1.29 is 41.8 Å². The highest BCUT2D eigenvalue weighted by atomic mass is 19.2. The van der Waals surface area contributed by atoms with Crippen molar-refractivity contribution in [2.24, 2.45) is 5.92 Å². The molecule has 0 saturated heterocycles. The zero-order valence-corrected chi connectivity index (χ0v) is 16.5. The van der Waals surface area contributed by atoms with Crippen LogP contribution in [0, 0.1) is 5.92 Å². The number of rotatable bonds is 6. The predicted molar refractivity (Wildman–Crippen MR) is 98.3 cm³/mol. The first-order valence-electron chi connectivity index (χ1n) is 8.77. The van der Waals surface area contributed by atoms with Crippen LogP contribution in [0.25, 0.3) is 0 Å². The summed E-state index contributed by atoms with van der Waals surface area (Å²) in [5, 5.41) is 2.02. The largest absolute Gasteiger partial charge is 0.468 e. The topological polar surface area (TPSA) is 90.9 Å². The Morgan fingerprint density at radius 1 is 1.10 bits per heavy atom. The molecule has 0 spiro atoms. The molecule has 162 valence electrons. The van der Waals surface area contributed by atoms with E-state index in [0.717, 1.165) is 27.2 Å². The number of nitrogens with one attached hydrogen (secondary N) is 1. The van der Waals surface area contributed by atoms with Crippen LogP contribution in [0.4, 0.5) is 18.0 Å². The first-order chi connectivity index (χ1) is 14.1. The van der Waals surface area contributed by atoms with E-state index in [1.54, 1.807) is 0 Å². The van der Waals surface area contributed by atoms with Gasteiger partial charge < -0.3 is 14.2 Å². The van der Waals surface area contributed by atoms with Gasteiger partial charge in [-0.1, -0.05) is 18.2 Å². The molecule has 10 heteroatoms. The van der Waals surface area contributed by atoms with E-state index < -0.39 is 53.4 Å². The summed E-state index contributed by atoms with van der Waals surface area (Å²) >= 11 is 0. The number of benzene rings is 1. The number of carbonyl (C=O) groups is 3. The molecule has 1 aliphatic carbocycles. The van der Waals surface area contributed by atoms with Gasteiger partial charge in [-0.3, -0.25) is 14.9 Å². The molecule has 1 aliphatic rings. The maximum Gasteiger partial charge on any atom is 0.417 e. The monoisotopic (exact) mass is 427 g/mol. The number of hydrogen-bond acceptors (Lipinski definition) is 6. The van der Waals surface area contributed by atoms with Gasteiger partial charge in [0.2, 0.25) is 0 Å². The highest BCUT2D eigenvalue weighted by Crippen LogP contribution is 2.36. The van der Waals surface area contributed by atoms with Gasteiger partial charge in [0.1, 0.15) is 5.75 Å². The quantitative estimate of drug-likeness (QED) is 0.553. The minimum Gasteiger partial charge on any atom is -0.468 e. The Morgan fingerprint density at radius 3 is 2.20 bits per heavy atom. The SMILES string of the molecule is COC(=O)C(Cc1ccc(OC(=O)NC2=CCC(C)(F)C(F)=C2F)cc1)C(=O)OC. The van der Waals surface area contributed by atoms with E-state index in [0.29, 0.717) is 5.56 Å². The fraction of sp³-hybridized carbons (Fsp3) is 0.350. The zero-order chi connectivity index (χ0) is 22.5. The first-order valence-corrected chi connectivity index (χ1v) is 8.77. The van der Waals surface area contributed by atoms with Gasteiger partial charge in [-0.2, -0.15) is 0 Å². The summed E-state index contributed by atoms with van der Waals surface area (Å²) < 4.78 is 55.3. The molecule has 1 aromatic rings. The van der Waals surface area contributed by atoms with Crippen molar-refractivity contribution in [3.63, 3.8) is 0 Å². The molecule has 1 atom stereocenters. The molecule has 0 saturated carbocycles. The number of esters is 2. The van der Waals surface area contributed by atoms with Crippen LogP contribution >= 0.6 is 0 Å².